The van der Waals surface area contributed by atoms with Gasteiger partial charge in [0.1, 0.15) is 11.9 Å². The summed E-state index contributed by atoms with van der Waals surface area (Å²) in [7, 11) is -1.95. The van der Waals surface area contributed by atoms with Gasteiger partial charge < -0.3 is 10.2 Å². The molecule has 0 aliphatic carbocycles. The van der Waals surface area contributed by atoms with Gasteiger partial charge in [-0.05, 0) is 43.9 Å². The van der Waals surface area contributed by atoms with Crippen LogP contribution in [0, 0.1) is 6.92 Å². The van der Waals surface area contributed by atoms with E-state index in [2.05, 4.69) is 10.3 Å². The molecule has 1 saturated heterocycles. The molecule has 150 valence electrons. The number of nitrogens with zero attached hydrogens (tertiary/aromatic N) is 3. The van der Waals surface area contributed by atoms with Crippen LogP contribution in [0.5, 0.6) is 0 Å². The average molecular weight is 397 g/mol. The lowest BCUT2D eigenvalue weighted by Crippen LogP contribution is -2.53. The molecule has 1 aromatic rings. The lowest BCUT2D eigenvalue weighted by molar-refractivity contribution is -0.137. The predicted octanol–water partition coefficient (Wildman–Crippen LogP) is 1.38. The number of anilines is 1. The number of nitrogens with one attached hydrogen (secondary N) is 1. The van der Waals surface area contributed by atoms with Gasteiger partial charge in [-0.25, -0.2) is 13.4 Å². The maximum absolute atomic E-state index is 12.8. The zero-order valence-corrected chi connectivity index (χ0v) is 17.0. The summed E-state index contributed by atoms with van der Waals surface area (Å²) in [5, 5.41) is 2.66. The third-order valence-electron chi connectivity index (χ3n) is 4.50. The second kappa shape index (κ2) is 9.27. The molecule has 9 heteroatoms. The van der Waals surface area contributed by atoms with Gasteiger partial charge in [-0.2, -0.15) is 4.31 Å². The highest BCUT2D eigenvalue weighted by Gasteiger charge is 2.37. The van der Waals surface area contributed by atoms with Crippen LogP contribution in [0.3, 0.4) is 0 Å². The Hall–Kier alpha value is -2.00. The van der Waals surface area contributed by atoms with Gasteiger partial charge in [0.2, 0.25) is 21.8 Å². The number of hydrogen-bond acceptors (Lipinski definition) is 5. The van der Waals surface area contributed by atoms with Crippen LogP contribution < -0.4 is 5.32 Å². The zero-order valence-electron chi connectivity index (χ0n) is 16.1. The molecule has 2 heterocycles. The molecular formula is C18H28N4O4S. The molecule has 1 fully saturated rings. The minimum atomic E-state index is -3.47. The fourth-order valence-electron chi connectivity index (χ4n) is 3.19. The van der Waals surface area contributed by atoms with Gasteiger partial charge in [0, 0.05) is 19.8 Å². The molecule has 0 radical (unpaired) electrons. The second-order valence-corrected chi connectivity index (χ2v) is 8.94. The van der Waals surface area contributed by atoms with Crippen LogP contribution >= 0.6 is 0 Å². The molecule has 0 spiro atoms. The first-order valence-corrected chi connectivity index (χ1v) is 10.8. The van der Waals surface area contributed by atoms with Crippen molar-refractivity contribution in [2.45, 2.75) is 45.6 Å². The highest BCUT2D eigenvalue weighted by molar-refractivity contribution is 7.89. The van der Waals surface area contributed by atoms with Crippen molar-refractivity contribution >= 4 is 27.7 Å². The molecule has 27 heavy (non-hydrogen) atoms. The SMILES string of the molecule is CCCS(=O)(=O)N1CCCCC1C(=O)N(C)CC(=O)Nc1cc(C)ccn1. The Kier molecular flexibility index (Phi) is 7.32. The monoisotopic (exact) mass is 396 g/mol. The number of carbonyl (C=O) groups excluding carboxylic acids is 2. The highest BCUT2D eigenvalue weighted by atomic mass is 32.2. The number of hydrogen-bond donors (Lipinski definition) is 1. The van der Waals surface area contributed by atoms with E-state index in [0.717, 1.165) is 18.4 Å². The van der Waals surface area contributed by atoms with Gasteiger partial charge in [0.15, 0.2) is 0 Å². The van der Waals surface area contributed by atoms with E-state index in [0.29, 0.717) is 25.2 Å². The van der Waals surface area contributed by atoms with Gasteiger partial charge in [-0.3, -0.25) is 9.59 Å². The van der Waals surface area contributed by atoms with Crippen molar-refractivity contribution in [2.24, 2.45) is 0 Å². The Morgan fingerprint density at radius 2 is 2.11 bits per heavy atom. The summed E-state index contributed by atoms with van der Waals surface area (Å²) in [5.74, 6) is -0.268. The van der Waals surface area contributed by atoms with Gasteiger partial charge in [0.25, 0.3) is 0 Å². The molecule has 0 saturated carbocycles. The van der Waals surface area contributed by atoms with Crippen LogP contribution in [0.4, 0.5) is 5.82 Å². The van der Waals surface area contributed by atoms with Gasteiger partial charge in [-0.1, -0.05) is 13.3 Å². The highest BCUT2D eigenvalue weighted by Crippen LogP contribution is 2.22. The Morgan fingerprint density at radius 1 is 1.37 bits per heavy atom. The normalized spacial score (nSPS) is 18.1. The van der Waals surface area contributed by atoms with Crippen molar-refractivity contribution < 1.29 is 18.0 Å². The third-order valence-corrected chi connectivity index (χ3v) is 6.57. The largest absolute Gasteiger partial charge is 0.335 e. The number of sulfonamides is 1. The van der Waals surface area contributed by atoms with E-state index in [1.165, 1.54) is 16.3 Å². The summed E-state index contributed by atoms with van der Waals surface area (Å²) in [6.07, 6.45) is 4.12. The summed E-state index contributed by atoms with van der Waals surface area (Å²) in [4.78, 5) is 30.4. The Labute approximate surface area is 161 Å². The molecule has 2 rings (SSSR count). The lowest BCUT2D eigenvalue weighted by atomic mass is 10.0. The summed E-state index contributed by atoms with van der Waals surface area (Å²) < 4.78 is 26.3. The lowest BCUT2D eigenvalue weighted by Gasteiger charge is -2.35. The summed E-state index contributed by atoms with van der Waals surface area (Å²) in [5.41, 5.74) is 0.962. The summed E-state index contributed by atoms with van der Waals surface area (Å²) in [6, 6.07) is 2.82. The smallest absolute Gasteiger partial charge is 0.245 e. The third kappa shape index (κ3) is 5.74. The van der Waals surface area contributed by atoms with E-state index in [9.17, 15) is 18.0 Å². The molecule has 1 unspecified atom stereocenters. The molecule has 1 atom stereocenters. The number of pyridine rings is 1. The predicted molar refractivity (Wildman–Crippen MR) is 104 cm³/mol. The number of rotatable bonds is 7. The average Bonchev–Trinajstić information content (AvgIpc) is 2.61. The second-order valence-electron chi connectivity index (χ2n) is 6.90. The topological polar surface area (TPSA) is 99.7 Å². The Bertz CT molecular complexity index is 781. The fraction of sp³-hybridized carbons (Fsp3) is 0.611. The molecule has 1 aliphatic heterocycles. The molecular weight excluding hydrogens is 368 g/mol. The number of piperidine rings is 1. The molecule has 2 amide bonds. The maximum Gasteiger partial charge on any atom is 0.245 e. The summed E-state index contributed by atoms with van der Waals surface area (Å²) >= 11 is 0. The van der Waals surface area contributed by atoms with Crippen LogP contribution in [-0.2, 0) is 19.6 Å². The number of likely N-dealkylation sites (N-methyl/N-ethyl adjacent to an activating group) is 1. The Morgan fingerprint density at radius 3 is 2.78 bits per heavy atom. The van der Waals surface area contributed by atoms with Gasteiger partial charge in [0.05, 0.1) is 12.3 Å². The van der Waals surface area contributed by atoms with Crippen molar-refractivity contribution in [1.82, 2.24) is 14.2 Å². The Balaban J connectivity index is 2.02. The van der Waals surface area contributed by atoms with Crippen molar-refractivity contribution in [3.05, 3.63) is 23.9 Å². The van der Waals surface area contributed by atoms with E-state index in [-0.39, 0.29) is 24.1 Å². The standard InChI is InChI=1S/C18H28N4O4S/c1-4-11-27(25,26)22-10-6-5-7-15(22)18(24)21(3)13-17(23)20-16-12-14(2)8-9-19-16/h8-9,12,15H,4-7,10-11,13H2,1-3H3,(H,19,20,23). The molecule has 1 aliphatic rings. The van der Waals surface area contributed by atoms with Crippen LogP contribution in [0.15, 0.2) is 18.3 Å². The molecule has 1 N–H and O–H groups in total. The van der Waals surface area contributed by atoms with Crippen molar-refractivity contribution in [2.75, 3.05) is 31.2 Å². The van der Waals surface area contributed by atoms with Crippen LogP contribution in [-0.4, -0.2) is 66.4 Å². The van der Waals surface area contributed by atoms with Crippen molar-refractivity contribution in [3.63, 3.8) is 0 Å². The quantitative estimate of drug-likeness (QED) is 0.751. The van der Waals surface area contributed by atoms with Crippen LogP contribution in [0.25, 0.3) is 0 Å². The first kappa shape index (κ1) is 21.3. The first-order valence-electron chi connectivity index (χ1n) is 9.21. The minimum absolute atomic E-state index is 0.0278. The number of aromatic nitrogens is 1. The number of carbonyl (C=O) groups is 2. The summed E-state index contributed by atoms with van der Waals surface area (Å²) in [6.45, 7) is 3.88. The first-order chi connectivity index (χ1) is 12.7. The van der Waals surface area contributed by atoms with Crippen molar-refractivity contribution in [3.8, 4) is 0 Å². The van der Waals surface area contributed by atoms with E-state index in [4.69, 9.17) is 0 Å². The number of aryl methyl sites for hydroxylation is 1. The molecule has 0 bridgehead atoms. The minimum Gasteiger partial charge on any atom is -0.335 e. The van der Waals surface area contributed by atoms with Gasteiger partial charge >= 0.3 is 0 Å². The van der Waals surface area contributed by atoms with Crippen molar-refractivity contribution in [1.29, 1.82) is 0 Å². The molecule has 0 aromatic carbocycles. The van der Waals surface area contributed by atoms with Gasteiger partial charge in [-0.15, -0.1) is 0 Å². The zero-order chi connectivity index (χ0) is 20.0. The van der Waals surface area contributed by atoms with Crippen LogP contribution in [0.1, 0.15) is 38.2 Å². The van der Waals surface area contributed by atoms with E-state index in [1.807, 2.05) is 13.0 Å². The fourth-order valence-corrected chi connectivity index (χ4v) is 4.94. The van der Waals surface area contributed by atoms with E-state index >= 15 is 0 Å². The van der Waals surface area contributed by atoms with E-state index in [1.54, 1.807) is 19.2 Å². The number of amides is 2. The molecule has 8 nitrogen and oxygen atoms in total. The molecule has 1 aromatic heterocycles. The van der Waals surface area contributed by atoms with Crippen LogP contribution in [0.2, 0.25) is 0 Å². The van der Waals surface area contributed by atoms with E-state index < -0.39 is 16.1 Å². The maximum atomic E-state index is 12.8.